The molecular weight excluding hydrogens is 186 g/mol. The molecule has 0 aromatic heterocycles. The number of allylic oxidation sites excluding steroid dienone is 3. The van der Waals surface area contributed by atoms with Crippen molar-refractivity contribution in [2.75, 3.05) is 26.3 Å². The van der Waals surface area contributed by atoms with Crippen molar-refractivity contribution in [1.29, 1.82) is 0 Å². The third kappa shape index (κ3) is 4.52. The Kier molecular flexibility index (Phi) is 5.48. The summed E-state index contributed by atoms with van der Waals surface area (Å²) in [5.74, 6) is 0.618. The quantitative estimate of drug-likeness (QED) is 0.646. The molecule has 1 fully saturated rings. The normalized spacial score (nSPS) is 18.3. The lowest BCUT2D eigenvalue weighted by molar-refractivity contribution is 0.0518. The van der Waals surface area contributed by atoms with Crippen LogP contribution in [0, 0.1) is 5.92 Å². The Morgan fingerprint density at radius 2 is 2.07 bits per heavy atom. The van der Waals surface area contributed by atoms with Gasteiger partial charge in [-0.05, 0) is 18.8 Å². The molecule has 86 valence electrons. The van der Waals surface area contributed by atoms with Crippen molar-refractivity contribution in [3.05, 3.63) is 24.4 Å². The van der Waals surface area contributed by atoms with E-state index in [0.29, 0.717) is 5.92 Å². The third-order valence-electron chi connectivity index (χ3n) is 2.55. The molecule has 1 aliphatic rings. The number of hydrogen-bond donors (Lipinski definition) is 0. The highest BCUT2D eigenvalue weighted by Gasteiger charge is 2.13. The molecule has 2 heteroatoms. The van der Waals surface area contributed by atoms with Crippen LogP contribution in [0.4, 0.5) is 0 Å². The van der Waals surface area contributed by atoms with Crippen molar-refractivity contribution >= 4 is 0 Å². The van der Waals surface area contributed by atoms with E-state index in [2.05, 4.69) is 31.4 Å². The van der Waals surface area contributed by atoms with Crippen LogP contribution in [0.1, 0.15) is 26.7 Å². The van der Waals surface area contributed by atoms with Crippen LogP contribution in [0.25, 0.3) is 0 Å². The molecule has 0 radical (unpaired) electrons. The van der Waals surface area contributed by atoms with Crippen LogP contribution in [-0.2, 0) is 4.74 Å². The number of morpholine rings is 1. The van der Waals surface area contributed by atoms with E-state index in [4.69, 9.17) is 4.74 Å². The smallest absolute Gasteiger partial charge is 0.0642 e. The summed E-state index contributed by atoms with van der Waals surface area (Å²) in [5.41, 5.74) is 1.47. The monoisotopic (exact) mass is 209 g/mol. The van der Waals surface area contributed by atoms with Gasteiger partial charge in [0.25, 0.3) is 0 Å². The van der Waals surface area contributed by atoms with Gasteiger partial charge in [0.2, 0.25) is 0 Å². The number of nitrogens with zero attached hydrogens (tertiary/aromatic N) is 1. The van der Waals surface area contributed by atoms with Gasteiger partial charge in [0.1, 0.15) is 0 Å². The number of rotatable bonds is 5. The fraction of sp³-hybridized carbons (Fsp3) is 0.692. The highest BCUT2D eigenvalue weighted by molar-refractivity contribution is 5.04. The molecule has 0 spiro atoms. The van der Waals surface area contributed by atoms with Gasteiger partial charge in [0.15, 0.2) is 0 Å². The first-order valence-corrected chi connectivity index (χ1v) is 5.88. The SMILES string of the molecule is C=CCC/C(=C/C(C)C)N1CCOCC1. The second-order valence-corrected chi connectivity index (χ2v) is 4.33. The largest absolute Gasteiger partial charge is 0.378 e. The Morgan fingerprint density at radius 3 is 2.60 bits per heavy atom. The first kappa shape index (κ1) is 12.3. The average molecular weight is 209 g/mol. The van der Waals surface area contributed by atoms with E-state index in [-0.39, 0.29) is 0 Å². The molecule has 15 heavy (non-hydrogen) atoms. The topological polar surface area (TPSA) is 12.5 Å². The van der Waals surface area contributed by atoms with Gasteiger partial charge in [-0.15, -0.1) is 6.58 Å². The predicted molar refractivity (Wildman–Crippen MR) is 64.7 cm³/mol. The van der Waals surface area contributed by atoms with Crippen molar-refractivity contribution < 1.29 is 4.74 Å². The second kappa shape index (κ2) is 6.67. The summed E-state index contributed by atoms with van der Waals surface area (Å²) in [6, 6.07) is 0. The lowest BCUT2D eigenvalue weighted by Gasteiger charge is -2.31. The van der Waals surface area contributed by atoms with Crippen LogP contribution in [0.3, 0.4) is 0 Å². The summed E-state index contributed by atoms with van der Waals surface area (Å²) in [6.45, 7) is 12.1. The Hall–Kier alpha value is -0.760. The molecule has 0 aliphatic carbocycles. The first-order chi connectivity index (χ1) is 7.24. The zero-order valence-corrected chi connectivity index (χ0v) is 10.0. The summed E-state index contributed by atoms with van der Waals surface area (Å²) >= 11 is 0. The van der Waals surface area contributed by atoms with E-state index in [1.807, 2.05) is 6.08 Å². The number of ether oxygens (including phenoxy) is 1. The van der Waals surface area contributed by atoms with Crippen LogP contribution in [0.15, 0.2) is 24.4 Å². The molecule has 0 saturated carbocycles. The highest BCUT2D eigenvalue weighted by atomic mass is 16.5. The zero-order valence-electron chi connectivity index (χ0n) is 10.0. The summed E-state index contributed by atoms with van der Waals surface area (Å²) in [7, 11) is 0. The van der Waals surface area contributed by atoms with E-state index in [1.165, 1.54) is 5.70 Å². The molecule has 0 bridgehead atoms. The van der Waals surface area contributed by atoms with Crippen LogP contribution < -0.4 is 0 Å². The van der Waals surface area contributed by atoms with Crippen LogP contribution >= 0.6 is 0 Å². The van der Waals surface area contributed by atoms with Crippen molar-refractivity contribution in [3.8, 4) is 0 Å². The van der Waals surface area contributed by atoms with E-state index < -0.39 is 0 Å². The van der Waals surface area contributed by atoms with E-state index in [9.17, 15) is 0 Å². The Balaban J connectivity index is 2.56. The van der Waals surface area contributed by atoms with Gasteiger partial charge < -0.3 is 9.64 Å². The van der Waals surface area contributed by atoms with Crippen LogP contribution in [0.2, 0.25) is 0 Å². The lowest BCUT2D eigenvalue weighted by Crippen LogP contribution is -2.35. The molecule has 0 aromatic carbocycles. The molecule has 0 amide bonds. The van der Waals surface area contributed by atoms with E-state index in [0.717, 1.165) is 39.1 Å². The first-order valence-electron chi connectivity index (χ1n) is 5.88. The Labute approximate surface area is 93.6 Å². The van der Waals surface area contributed by atoms with Gasteiger partial charge in [0.05, 0.1) is 13.2 Å². The fourth-order valence-corrected chi connectivity index (χ4v) is 1.83. The molecule has 0 unspecified atom stereocenters. The summed E-state index contributed by atoms with van der Waals surface area (Å²) in [5, 5.41) is 0. The summed E-state index contributed by atoms with van der Waals surface area (Å²) < 4.78 is 5.37. The molecule has 1 rings (SSSR count). The molecule has 1 saturated heterocycles. The second-order valence-electron chi connectivity index (χ2n) is 4.33. The van der Waals surface area contributed by atoms with E-state index in [1.54, 1.807) is 0 Å². The van der Waals surface area contributed by atoms with Crippen molar-refractivity contribution in [1.82, 2.24) is 4.90 Å². The molecule has 0 atom stereocenters. The minimum absolute atomic E-state index is 0.618. The average Bonchev–Trinajstić information content (AvgIpc) is 2.25. The third-order valence-corrected chi connectivity index (χ3v) is 2.55. The maximum absolute atomic E-state index is 5.37. The molecule has 1 heterocycles. The maximum atomic E-state index is 5.37. The minimum atomic E-state index is 0.618. The molecule has 0 N–H and O–H groups in total. The van der Waals surface area contributed by atoms with Crippen molar-refractivity contribution in [2.24, 2.45) is 5.92 Å². The van der Waals surface area contributed by atoms with Gasteiger partial charge in [-0.1, -0.05) is 26.0 Å². The minimum Gasteiger partial charge on any atom is -0.378 e. The summed E-state index contributed by atoms with van der Waals surface area (Å²) in [4.78, 5) is 2.45. The lowest BCUT2D eigenvalue weighted by atomic mass is 10.1. The summed E-state index contributed by atoms with van der Waals surface area (Å²) in [6.07, 6.45) is 6.54. The predicted octanol–water partition coefficient (Wildman–Crippen LogP) is 2.82. The molecule has 0 aromatic rings. The van der Waals surface area contributed by atoms with Crippen LogP contribution in [-0.4, -0.2) is 31.2 Å². The van der Waals surface area contributed by atoms with Gasteiger partial charge in [-0.2, -0.15) is 0 Å². The van der Waals surface area contributed by atoms with Gasteiger partial charge in [-0.3, -0.25) is 0 Å². The highest BCUT2D eigenvalue weighted by Crippen LogP contribution is 2.16. The fourth-order valence-electron chi connectivity index (χ4n) is 1.83. The van der Waals surface area contributed by atoms with Crippen molar-refractivity contribution in [3.63, 3.8) is 0 Å². The van der Waals surface area contributed by atoms with Crippen molar-refractivity contribution in [2.45, 2.75) is 26.7 Å². The Bertz CT molecular complexity index is 215. The van der Waals surface area contributed by atoms with Crippen LogP contribution in [0.5, 0.6) is 0 Å². The molecule has 2 nitrogen and oxygen atoms in total. The Morgan fingerprint density at radius 1 is 1.40 bits per heavy atom. The molecule has 1 aliphatic heterocycles. The maximum Gasteiger partial charge on any atom is 0.0642 e. The van der Waals surface area contributed by atoms with Gasteiger partial charge >= 0.3 is 0 Å². The zero-order chi connectivity index (χ0) is 11.1. The van der Waals surface area contributed by atoms with Gasteiger partial charge in [-0.25, -0.2) is 0 Å². The molecular formula is C13H23NO. The standard InChI is InChI=1S/C13H23NO/c1-4-5-6-13(11-12(2)3)14-7-9-15-10-8-14/h4,11-12H,1,5-10H2,2-3H3/b13-11-. The van der Waals surface area contributed by atoms with E-state index >= 15 is 0 Å². The number of hydrogen-bond acceptors (Lipinski definition) is 2. The van der Waals surface area contributed by atoms with Gasteiger partial charge in [0, 0.05) is 18.8 Å².